The van der Waals surface area contributed by atoms with Gasteiger partial charge in [-0.1, -0.05) is 39.0 Å². The first-order valence-electron chi connectivity index (χ1n) is 5.90. The van der Waals surface area contributed by atoms with Crippen molar-refractivity contribution >= 4 is 23.2 Å². The number of carbonyl (C=O) groups excluding carboxylic acids is 2. The van der Waals surface area contributed by atoms with Gasteiger partial charge in [-0.15, -0.1) is 0 Å². The molecule has 0 aliphatic rings. The van der Waals surface area contributed by atoms with Crippen LogP contribution < -0.4 is 5.11 Å². The van der Waals surface area contributed by atoms with Gasteiger partial charge in [-0.2, -0.15) is 0 Å². The summed E-state index contributed by atoms with van der Waals surface area (Å²) in [6.07, 6.45) is 3.79. The predicted molar refractivity (Wildman–Crippen MR) is 71.6 cm³/mol. The summed E-state index contributed by atoms with van der Waals surface area (Å²) in [6, 6.07) is 7.77. The van der Waals surface area contributed by atoms with Crippen LogP contribution in [-0.4, -0.2) is 16.8 Å². The van der Waals surface area contributed by atoms with Crippen LogP contribution in [0.5, 0.6) is 0 Å². The first-order chi connectivity index (χ1) is 8.77. The Morgan fingerprint density at radius 1 is 1.30 bits per heavy atom. The fourth-order valence-electron chi connectivity index (χ4n) is 1.38. The Morgan fingerprint density at radius 3 is 2.25 bits per heavy atom. The predicted octanol–water partition coefficient (Wildman–Crippen LogP) is 1.57. The van der Waals surface area contributed by atoms with E-state index >= 15 is 0 Å². The molecule has 0 saturated carbocycles. The van der Waals surface area contributed by atoms with Gasteiger partial charge in [-0.05, 0) is 6.07 Å². The number of para-hydroxylation sites is 1. The summed E-state index contributed by atoms with van der Waals surface area (Å²) in [7, 11) is 1.88. The molecule has 0 fully saturated rings. The second-order valence-electron chi connectivity index (χ2n) is 5.26. The molecule has 4 nitrogen and oxygen atoms in total. The molecule has 0 aliphatic heterocycles. The quantitative estimate of drug-likeness (QED) is 0.591. The van der Waals surface area contributed by atoms with Crippen LogP contribution in [-0.2, 0) is 31.3 Å². The Kier molecular flexibility index (Phi) is 6.80. The number of benzene rings is 1. The van der Waals surface area contributed by atoms with Crippen LogP contribution in [0.25, 0.3) is 10.9 Å². The van der Waals surface area contributed by atoms with Crippen molar-refractivity contribution in [3.8, 4) is 0 Å². The maximum atomic E-state index is 10.6. The molecule has 0 unspecified atom stereocenters. The molecular formula is C15H17NO3Zn-. The van der Waals surface area contributed by atoms with E-state index in [1.165, 1.54) is 0 Å². The van der Waals surface area contributed by atoms with Crippen molar-refractivity contribution in [2.75, 3.05) is 0 Å². The van der Waals surface area contributed by atoms with Gasteiger partial charge in [-0.25, -0.2) is 0 Å². The summed E-state index contributed by atoms with van der Waals surface area (Å²) < 4.78 is 1.83. The van der Waals surface area contributed by atoms with Gasteiger partial charge in [-0.3, -0.25) is 4.79 Å². The molecule has 0 bridgehead atoms. The third-order valence-electron chi connectivity index (χ3n) is 2.57. The average molecular weight is 325 g/mol. The third kappa shape index (κ3) is 4.57. The normalized spacial score (nSPS) is 10.2. The molecule has 0 N–H and O–H groups in total. The molecule has 20 heavy (non-hydrogen) atoms. The Labute approximate surface area is 131 Å². The zero-order chi connectivity index (χ0) is 14.6. The van der Waals surface area contributed by atoms with Crippen molar-refractivity contribution in [2.24, 2.45) is 12.5 Å². The number of aliphatic carboxylic acids is 1. The van der Waals surface area contributed by atoms with Gasteiger partial charge < -0.3 is 14.5 Å². The Hall–Kier alpha value is -1.48. The number of carboxylic acids is 1. The van der Waals surface area contributed by atoms with E-state index in [4.69, 9.17) is 0 Å². The van der Waals surface area contributed by atoms with Gasteiger partial charge in [0.15, 0.2) is 6.29 Å². The largest absolute Gasteiger partial charge is 0.550 e. The maximum Gasteiger partial charge on any atom is 0.152 e. The maximum absolute atomic E-state index is 10.6. The van der Waals surface area contributed by atoms with Crippen LogP contribution in [0.4, 0.5) is 0 Å². The minimum atomic E-state index is -1.01. The van der Waals surface area contributed by atoms with Crippen LogP contribution in [0.2, 0.25) is 0 Å². The zero-order valence-electron chi connectivity index (χ0n) is 12.3. The average Bonchev–Trinajstić information content (AvgIpc) is 2.66. The number of carbonyl (C=O) groups is 2. The number of aldehydes is 1. The first-order valence-corrected chi connectivity index (χ1v) is 5.90. The number of carboxylic acid groups (broad SMARTS) is 1. The molecular weight excluding hydrogens is 308 g/mol. The van der Waals surface area contributed by atoms with E-state index in [1.807, 2.05) is 35.9 Å². The van der Waals surface area contributed by atoms with Crippen molar-refractivity contribution < 1.29 is 34.2 Å². The van der Waals surface area contributed by atoms with Gasteiger partial charge in [0.05, 0.1) is 6.20 Å². The van der Waals surface area contributed by atoms with E-state index in [0.29, 0.717) is 5.56 Å². The van der Waals surface area contributed by atoms with Crippen molar-refractivity contribution in [1.82, 2.24) is 4.57 Å². The van der Waals surface area contributed by atoms with E-state index in [2.05, 4.69) is 6.20 Å². The van der Waals surface area contributed by atoms with Crippen molar-refractivity contribution in [2.45, 2.75) is 20.8 Å². The molecule has 0 atom stereocenters. The molecule has 0 aliphatic carbocycles. The number of aromatic nitrogens is 1. The van der Waals surface area contributed by atoms with E-state index < -0.39 is 11.4 Å². The standard InChI is InChI=1S/C10H8NO.C5H10O2.Zn/c1-11-6-8(7-12)9-4-2-3-5-10(9)11;1-5(2,3)4(6)7;/h2-5,7H,1H3;1-3H3,(H,6,7);/p-1. The van der Waals surface area contributed by atoms with E-state index in [-0.39, 0.29) is 19.5 Å². The van der Waals surface area contributed by atoms with Crippen LogP contribution in [0.15, 0.2) is 24.3 Å². The van der Waals surface area contributed by atoms with E-state index in [0.717, 1.165) is 17.2 Å². The van der Waals surface area contributed by atoms with Crippen molar-refractivity contribution in [3.05, 3.63) is 36.0 Å². The molecule has 1 aromatic heterocycles. The van der Waals surface area contributed by atoms with Gasteiger partial charge in [0, 0.05) is 54.4 Å². The molecule has 0 amide bonds. The minimum Gasteiger partial charge on any atom is -0.550 e. The molecule has 1 aromatic carbocycles. The number of hydrogen-bond donors (Lipinski definition) is 0. The summed E-state index contributed by atoms with van der Waals surface area (Å²) in [5, 5.41) is 10.9. The van der Waals surface area contributed by atoms with Gasteiger partial charge in [0.2, 0.25) is 0 Å². The summed E-state index contributed by atoms with van der Waals surface area (Å²) in [5.41, 5.74) is 0.979. The molecule has 5 heteroatoms. The molecule has 0 saturated heterocycles. The van der Waals surface area contributed by atoms with Gasteiger partial charge >= 0.3 is 0 Å². The van der Waals surface area contributed by atoms with Crippen molar-refractivity contribution in [3.63, 3.8) is 0 Å². The number of fused-ring (bicyclic) bond motifs is 1. The number of hydrogen-bond acceptors (Lipinski definition) is 3. The molecule has 1 radical (unpaired) electrons. The Morgan fingerprint density at radius 2 is 1.80 bits per heavy atom. The molecule has 0 spiro atoms. The molecule has 2 rings (SSSR count). The number of rotatable bonds is 1. The van der Waals surface area contributed by atoms with E-state index in [1.54, 1.807) is 20.8 Å². The number of aryl methyl sites for hydroxylation is 1. The smallest absolute Gasteiger partial charge is 0.152 e. The summed E-state index contributed by atoms with van der Waals surface area (Å²) in [6.45, 7) is 4.80. The molecule has 1 heterocycles. The van der Waals surface area contributed by atoms with E-state index in [9.17, 15) is 14.7 Å². The summed E-state index contributed by atoms with van der Waals surface area (Å²) in [5.74, 6) is -1.01. The monoisotopic (exact) mass is 323 g/mol. The summed E-state index contributed by atoms with van der Waals surface area (Å²) >= 11 is 0. The fourth-order valence-corrected chi connectivity index (χ4v) is 1.38. The van der Waals surface area contributed by atoms with Crippen LogP contribution in [0, 0.1) is 11.6 Å². The first kappa shape index (κ1) is 18.5. The Balaban J connectivity index is 0.000000396. The Bertz CT molecular complexity index is 597. The van der Waals surface area contributed by atoms with Crippen LogP contribution in [0.1, 0.15) is 31.1 Å². The second-order valence-corrected chi connectivity index (χ2v) is 5.26. The topological polar surface area (TPSA) is 62.1 Å². The SMILES string of the molecule is CC(C)(C)C(=O)[O-].Cn1[c]c(C=O)c2ccccc21.[Zn]. The second kappa shape index (κ2) is 7.34. The molecule has 2 aromatic rings. The summed E-state index contributed by atoms with van der Waals surface area (Å²) in [4.78, 5) is 20.5. The van der Waals surface area contributed by atoms with Crippen LogP contribution >= 0.6 is 0 Å². The minimum absolute atomic E-state index is 0. The van der Waals surface area contributed by atoms with Gasteiger partial charge in [0.1, 0.15) is 0 Å². The zero-order valence-corrected chi connectivity index (χ0v) is 15.2. The number of nitrogens with zero attached hydrogens (tertiary/aromatic N) is 1. The van der Waals surface area contributed by atoms with Gasteiger partial charge in [0.25, 0.3) is 0 Å². The molecule has 103 valence electrons. The third-order valence-corrected chi connectivity index (χ3v) is 2.57. The fraction of sp³-hybridized carbons (Fsp3) is 0.333. The van der Waals surface area contributed by atoms with Crippen LogP contribution in [0.3, 0.4) is 0 Å². The van der Waals surface area contributed by atoms with Crippen molar-refractivity contribution in [1.29, 1.82) is 0 Å².